The number of nitrogens with one attached hydrogen (secondary N) is 2. The SMILES string of the molecule is CC1CCC(NC(=O)C2CNC2)C(C)C1. The molecule has 3 unspecified atom stereocenters. The molecule has 0 radical (unpaired) electrons. The summed E-state index contributed by atoms with van der Waals surface area (Å²) in [6, 6.07) is 0.425. The van der Waals surface area contributed by atoms with Gasteiger partial charge in [-0.25, -0.2) is 0 Å². The third kappa shape index (κ3) is 2.51. The van der Waals surface area contributed by atoms with Crippen LogP contribution in [0.4, 0.5) is 0 Å². The van der Waals surface area contributed by atoms with Gasteiger partial charge in [0.05, 0.1) is 5.92 Å². The molecule has 0 bridgehead atoms. The fourth-order valence-corrected chi connectivity index (χ4v) is 2.65. The van der Waals surface area contributed by atoms with Crippen molar-refractivity contribution in [1.82, 2.24) is 10.6 Å². The van der Waals surface area contributed by atoms with Gasteiger partial charge < -0.3 is 10.6 Å². The van der Waals surface area contributed by atoms with Crippen LogP contribution in [0.3, 0.4) is 0 Å². The molecule has 2 rings (SSSR count). The van der Waals surface area contributed by atoms with E-state index in [4.69, 9.17) is 0 Å². The highest BCUT2D eigenvalue weighted by atomic mass is 16.2. The van der Waals surface area contributed by atoms with E-state index in [1.54, 1.807) is 0 Å². The van der Waals surface area contributed by atoms with Crippen LogP contribution in [-0.4, -0.2) is 25.0 Å². The van der Waals surface area contributed by atoms with Crippen molar-refractivity contribution < 1.29 is 4.79 Å². The Kier molecular flexibility index (Phi) is 3.29. The molecule has 0 aromatic heterocycles. The molecular formula is C12H22N2O. The van der Waals surface area contributed by atoms with Gasteiger partial charge in [-0.05, 0) is 31.1 Å². The first-order chi connectivity index (χ1) is 7.16. The average Bonchev–Trinajstić information content (AvgIpc) is 2.07. The highest BCUT2D eigenvalue weighted by Gasteiger charge is 2.30. The van der Waals surface area contributed by atoms with Gasteiger partial charge in [0.15, 0.2) is 0 Å². The zero-order chi connectivity index (χ0) is 10.8. The minimum absolute atomic E-state index is 0.233. The predicted molar refractivity (Wildman–Crippen MR) is 60.5 cm³/mol. The first-order valence-corrected chi connectivity index (χ1v) is 6.18. The Morgan fingerprint density at radius 3 is 2.53 bits per heavy atom. The van der Waals surface area contributed by atoms with Crippen LogP contribution in [-0.2, 0) is 4.79 Å². The summed E-state index contributed by atoms with van der Waals surface area (Å²) in [6.07, 6.45) is 3.68. The van der Waals surface area contributed by atoms with Crippen LogP contribution in [0.5, 0.6) is 0 Å². The Morgan fingerprint density at radius 2 is 2.00 bits per heavy atom. The number of hydrogen-bond donors (Lipinski definition) is 2. The van der Waals surface area contributed by atoms with Gasteiger partial charge in [-0.2, -0.15) is 0 Å². The van der Waals surface area contributed by atoms with Crippen LogP contribution in [0.25, 0.3) is 0 Å². The van der Waals surface area contributed by atoms with Gasteiger partial charge in [0, 0.05) is 19.1 Å². The average molecular weight is 210 g/mol. The lowest BCUT2D eigenvalue weighted by Crippen LogP contribution is -2.54. The van der Waals surface area contributed by atoms with E-state index in [0.717, 1.165) is 25.4 Å². The van der Waals surface area contributed by atoms with Gasteiger partial charge >= 0.3 is 0 Å². The van der Waals surface area contributed by atoms with E-state index in [-0.39, 0.29) is 11.8 Å². The van der Waals surface area contributed by atoms with E-state index in [2.05, 4.69) is 24.5 Å². The van der Waals surface area contributed by atoms with Crippen molar-refractivity contribution in [1.29, 1.82) is 0 Å². The van der Waals surface area contributed by atoms with Gasteiger partial charge in [0.25, 0.3) is 0 Å². The van der Waals surface area contributed by atoms with E-state index < -0.39 is 0 Å². The number of carbonyl (C=O) groups is 1. The topological polar surface area (TPSA) is 41.1 Å². The molecule has 1 heterocycles. The first kappa shape index (κ1) is 10.9. The van der Waals surface area contributed by atoms with Crippen LogP contribution >= 0.6 is 0 Å². The molecule has 1 aliphatic carbocycles. The Hall–Kier alpha value is -0.570. The van der Waals surface area contributed by atoms with Crippen molar-refractivity contribution in [2.75, 3.05) is 13.1 Å². The normalized spacial score (nSPS) is 37.1. The van der Waals surface area contributed by atoms with Gasteiger partial charge in [0.1, 0.15) is 0 Å². The molecule has 3 nitrogen and oxygen atoms in total. The van der Waals surface area contributed by atoms with Crippen LogP contribution in [0.2, 0.25) is 0 Å². The summed E-state index contributed by atoms with van der Waals surface area (Å²) >= 11 is 0. The standard InChI is InChI=1S/C12H22N2O/c1-8-3-4-11(9(2)5-8)14-12(15)10-6-13-7-10/h8-11,13H,3-7H2,1-2H3,(H,14,15). The molecule has 3 heteroatoms. The summed E-state index contributed by atoms with van der Waals surface area (Å²) in [5, 5.41) is 6.35. The first-order valence-electron chi connectivity index (χ1n) is 6.18. The van der Waals surface area contributed by atoms with Gasteiger partial charge in [0.2, 0.25) is 5.91 Å². The molecule has 1 saturated heterocycles. The van der Waals surface area contributed by atoms with Crippen molar-refractivity contribution in [2.45, 2.75) is 39.2 Å². The monoisotopic (exact) mass is 210 g/mol. The second kappa shape index (κ2) is 4.52. The predicted octanol–water partition coefficient (Wildman–Crippen LogP) is 1.15. The van der Waals surface area contributed by atoms with E-state index in [1.165, 1.54) is 12.8 Å². The van der Waals surface area contributed by atoms with Crippen LogP contribution in [0.15, 0.2) is 0 Å². The Balaban J connectivity index is 1.80. The molecular weight excluding hydrogens is 188 g/mol. The van der Waals surface area contributed by atoms with Gasteiger partial charge in [-0.1, -0.05) is 13.8 Å². The van der Waals surface area contributed by atoms with Crippen molar-refractivity contribution >= 4 is 5.91 Å². The van der Waals surface area contributed by atoms with Crippen molar-refractivity contribution in [3.05, 3.63) is 0 Å². The van der Waals surface area contributed by atoms with E-state index >= 15 is 0 Å². The number of amides is 1. The lowest BCUT2D eigenvalue weighted by molar-refractivity contribution is -0.127. The maximum absolute atomic E-state index is 11.8. The summed E-state index contributed by atoms with van der Waals surface area (Å²) < 4.78 is 0. The second-order valence-electron chi connectivity index (χ2n) is 5.37. The summed E-state index contributed by atoms with van der Waals surface area (Å²) in [5.41, 5.74) is 0. The van der Waals surface area contributed by atoms with Crippen molar-refractivity contribution in [3.8, 4) is 0 Å². The molecule has 2 fully saturated rings. The van der Waals surface area contributed by atoms with Gasteiger partial charge in [-0.15, -0.1) is 0 Å². The fraction of sp³-hybridized carbons (Fsp3) is 0.917. The fourth-order valence-electron chi connectivity index (χ4n) is 2.65. The third-order valence-electron chi connectivity index (χ3n) is 3.91. The lowest BCUT2D eigenvalue weighted by Gasteiger charge is -2.35. The molecule has 86 valence electrons. The minimum Gasteiger partial charge on any atom is -0.353 e. The zero-order valence-corrected chi connectivity index (χ0v) is 9.75. The highest BCUT2D eigenvalue weighted by molar-refractivity contribution is 5.80. The van der Waals surface area contributed by atoms with E-state index in [9.17, 15) is 4.79 Å². The lowest BCUT2D eigenvalue weighted by atomic mass is 9.79. The summed E-state index contributed by atoms with van der Waals surface area (Å²) in [4.78, 5) is 11.8. The number of hydrogen-bond acceptors (Lipinski definition) is 2. The van der Waals surface area contributed by atoms with E-state index in [0.29, 0.717) is 12.0 Å². The molecule has 1 aliphatic heterocycles. The Morgan fingerprint density at radius 1 is 1.27 bits per heavy atom. The maximum atomic E-state index is 11.8. The molecule has 0 spiro atoms. The van der Waals surface area contributed by atoms with E-state index in [1.807, 2.05) is 0 Å². The molecule has 15 heavy (non-hydrogen) atoms. The number of carbonyl (C=O) groups excluding carboxylic acids is 1. The zero-order valence-electron chi connectivity index (χ0n) is 9.75. The molecule has 3 atom stereocenters. The number of rotatable bonds is 2. The summed E-state index contributed by atoms with van der Waals surface area (Å²) in [5.74, 6) is 1.97. The van der Waals surface area contributed by atoms with Crippen LogP contribution in [0.1, 0.15) is 33.1 Å². The summed E-state index contributed by atoms with van der Waals surface area (Å²) in [7, 11) is 0. The highest BCUT2D eigenvalue weighted by Crippen LogP contribution is 2.28. The minimum atomic E-state index is 0.233. The third-order valence-corrected chi connectivity index (χ3v) is 3.91. The van der Waals surface area contributed by atoms with Crippen molar-refractivity contribution in [3.63, 3.8) is 0 Å². The molecule has 2 N–H and O–H groups in total. The molecule has 2 aliphatic rings. The van der Waals surface area contributed by atoms with Crippen LogP contribution < -0.4 is 10.6 Å². The second-order valence-corrected chi connectivity index (χ2v) is 5.37. The Labute approximate surface area is 92.0 Å². The van der Waals surface area contributed by atoms with Gasteiger partial charge in [-0.3, -0.25) is 4.79 Å². The molecule has 1 amide bonds. The van der Waals surface area contributed by atoms with Crippen molar-refractivity contribution in [2.24, 2.45) is 17.8 Å². The smallest absolute Gasteiger partial charge is 0.225 e. The quantitative estimate of drug-likeness (QED) is 0.718. The maximum Gasteiger partial charge on any atom is 0.225 e. The summed E-state index contributed by atoms with van der Waals surface area (Å²) in [6.45, 7) is 6.30. The largest absolute Gasteiger partial charge is 0.353 e. The molecule has 0 aromatic rings. The molecule has 0 aromatic carbocycles. The molecule has 1 saturated carbocycles. The Bertz CT molecular complexity index is 238. The van der Waals surface area contributed by atoms with Crippen LogP contribution in [0, 0.1) is 17.8 Å².